The van der Waals surface area contributed by atoms with Gasteiger partial charge in [-0.1, -0.05) is 6.92 Å². The molecule has 0 amide bonds. The zero-order valence-electron chi connectivity index (χ0n) is 9.60. The number of nitrogens with one attached hydrogen (secondary N) is 1. The molecule has 6 nitrogen and oxygen atoms in total. The van der Waals surface area contributed by atoms with Gasteiger partial charge < -0.3 is 15.8 Å². The topological polar surface area (TPSA) is 86.0 Å². The first-order valence-corrected chi connectivity index (χ1v) is 5.48. The summed E-state index contributed by atoms with van der Waals surface area (Å²) in [4.78, 5) is 11.9. The molecule has 0 bridgehead atoms. The molecule has 0 spiro atoms. The second-order valence-electron chi connectivity index (χ2n) is 4.20. The Balaban J connectivity index is 1.94. The highest BCUT2D eigenvalue weighted by Gasteiger charge is 2.27. The first-order chi connectivity index (χ1) is 7.69. The van der Waals surface area contributed by atoms with Crippen LogP contribution < -0.4 is 15.8 Å². The average Bonchev–Trinajstić information content (AvgIpc) is 3.08. The molecule has 6 heteroatoms. The molecule has 1 saturated carbocycles. The normalized spacial score (nSPS) is 16.9. The Labute approximate surface area is 94.6 Å². The van der Waals surface area contributed by atoms with E-state index < -0.39 is 0 Å². The van der Waals surface area contributed by atoms with Crippen molar-refractivity contribution < 1.29 is 4.74 Å². The molecule has 1 fully saturated rings. The van der Waals surface area contributed by atoms with Crippen molar-refractivity contribution >= 4 is 11.9 Å². The van der Waals surface area contributed by atoms with Crippen LogP contribution in [0.4, 0.5) is 11.9 Å². The predicted octanol–water partition coefficient (Wildman–Crippen LogP) is 0.920. The first-order valence-electron chi connectivity index (χ1n) is 5.48. The number of methoxy groups -OCH3 is 1. The third-order valence-corrected chi connectivity index (χ3v) is 2.82. The molecule has 1 aliphatic carbocycles. The molecule has 0 radical (unpaired) electrons. The van der Waals surface area contributed by atoms with Crippen LogP contribution in [0.15, 0.2) is 0 Å². The molecule has 1 aromatic heterocycles. The number of nitrogen functional groups attached to an aromatic ring is 1. The number of hydrogen-bond acceptors (Lipinski definition) is 6. The van der Waals surface area contributed by atoms with Gasteiger partial charge in [-0.15, -0.1) is 0 Å². The van der Waals surface area contributed by atoms with Crippen LogP contribution in [-0.2, 0) is 0 Å². The van der Waals surface area contributed by atoms with Gasteiger partial charge in [0.2, 0.25) is 11.9 Å². The molecule has 1 heterocycles. The van der Waals surface area contributed by atoms with Crippen LogP contribution in [-0.4, -0.2) is 28.6 Å². The Bertz CT molecular complexity index is 366. The maximum absolute atomic E-state index is 5.53. The van der Waals surface area contributed by atoms with Crippen LogP contribution in [0.5, 0.6) is 6.01 Å². The third-order valence-electron chi connectivity index (χ3n) is 2.82. The van der Waals surface area contributed by atoms with Gasteiger partial charge in [-0.3, -0.25) is 0 Å². The summed E-state index contributed by atoms with van der Waals surface area (Å²) in [6, 6.07) is 0.245. The van der Waals surface area contributed by atoms with Crippen LogP contribution in [0.3, 0.4) is 0 Å². The highest BCUT2D eigenvalue weighted by molar-refractivity contribution is 5.32. The summed E-state index contributed by atoms with van der Waals surface area (Å²) in [5.41, 5.74) is 5.53. The fraction of sp³-hybridized carbons (Fsp3) is 0.700. The molecule has 16 heavy (non-hydrogen) atoms. The Hall–Kier alpha value is -1.59. The van der Waals surface area contributed by atoms with Gasteiger partial charge in [0.1, 0.15) is 0 Å². The Morgan fingerprint density at radius 3 is 2.81 bits per heavy atom. The average molecular weight is 223 g/mol. The molecular weight excluding hydrogens is 206 g/mol. The summed E-state index contributed by atoms with van der Waals surface area (Å²) in [5.74, 6) is 2.16. The number of nitrogens with zero attached hydrogens (tertiary/aromatic N) is 3. The lowest BCUT2D eigenvalue weighted by Crippen LogP contribution is -2.15. The Morgan fingerprint density at radius 2 is 2.19 bits per heavy atom. The van der Waals surface area contributed by atoms with E-state index in [1.165, 1.54) is 20.0 Å². The van der Waals surface area contributed by atoms with E-state index in [0.29, 0.717) is 11.9 Å². The van der Waals surface area contributed by atoms with Gasteiger partial charge in [0, 0.05) is 6.54 Å². The summed E-state index contributed by atoms with van der Waals surface area (Å²) < 4.78 is 4.92. The molecule has 0 saturated heterocycles. The van der Waals surface area contributed by atoms with Crippen LogP contribution in [0.25, 0.3) is 0 Å². The highest BCUT2D eigenvalue weighted by Crippen LogP contribution is 2.36. The Kier molecular flexibility index (Phi) is 3.07. The number of nitrogens with two attached hydrogens (primary N) is 1. The number of aromatic nitrogens is 3. The largest absolute Gasteiger partial charge is 0.467 e. The van der Waals surface area contributed by atoms with Crippen molar-refractivity contribution in [3.63, 3.8) is 0 Å². The van der Waals surface area contributed by atoms with Gasteiger partial charge in [-0.2, -0.15) is 15.0 Å². The van der Waals surface area contributed by atoms with Crippen molar-refractivity contribution in [3.8, 4) is 6.01 Å². The summed E-state index contributed by atoms with van der Waals surface area (Å²) in [6.07, 6.45) is 2.68. The van der Waals surface area contributed by atoms with Crippen LogP contribution in [0.2, 0.25) is 0 Å². The standard InChI is InChI=1S/C10H17N5O/c1-6(7-3-4-7)5-12-9-13-8(11)14-10(15-9)16-2/h6-7H,3-5H2,1-2H3,(H3,11,12,13,14,15). The highest BCUT2D eigenvalue weighted by atomic mass is 16.5. The molecule has 3 N–H and O–H groups in total. The molecule has 1 aromatic rings. The fourth-order valence-electron chi connectivity index (χ4n) is 1.63. The predicted molar refractivity (Wildman–Crippen MR) is 61.2 cm³/mol. The van der Waals surface area contributed by atoms with Crippen molar-refractivity contribution in [1.29, 1.82) is 0 Å². The lowest BCUT2D eigenvalue weighted by Gasteiger charge is -2.11. The maximum Gasteiger partial charge on any atom is 0.322 e. The summed E-state index contributed by atoms with van der Waals surface area (Å²) in [5, 5.41) is 3.16. The molecular formula is C10H17N5O. The number of anilines is 2. The van der Waals surface area contributed by atoms with Gasteiger partial charge in [0.25, 0.3) is 0 Å². The molecule has 1 unspecified atom stereocenters. The van der Waals surface area contributed by atoms with Crippen molar-refractivity contribution in [2.75, 3.05) is 24.7 Å². The molecule has 2 rings (SSSR count). The van der Waals surface area contributed by atoms with E-state index in [9.17, 15) is 0 Å². The van der Waals surface area contributed by atoms with Crippen molar-refractivity contribution in [2.45, 2.75) is 19.8 Å². The van der Waals surface area contributed by atoms with E-state index in [2.05, 4.69) is 27.2 Å². The van der Waals surface area contributed by atoms with Crippen LogP contribution >= 0.6 is 0 Å². The van der Waals surface area contributed by atoms with Gasteiger partial charge in [-0.05, 0) is 24.7 Å². The van der Waals surface area contributed by atoms with E-state index in [4.69, 9.17) is 10.5 Å². The van der Waals surface area contributed by atoms with Crippen LogP contribution in [0, 0.1) is 11.8 Å². The monoisotopic (exact) mass is 223 g/mol. The van der Waals surface area contributed by atoms with Gasteiger partial charge in [0.15, 0.2) is 0 Å². The molecule has 1 aliphatic rings. The van der Waals surface area contributed by atoms with E-state index in [1.54, 1.807) is 0 Å². The lowest BCUT2D eigenvalue weighted by molar-refractivity contribution is 0.379. The Morgan fingerprint density at radius 1 is 1.44 bits per heavy atom. The van der Waals surface area contributed by atoms with Crippen molar-refractivity contribution in [1.82, 2.24) is 15.0 Å². The molecule has 88 valence electrons. The van der Waals surface area contributed by atoms with E-state index in [0.717, 1.165) is 12.5 Å². The molecule has 1 atom stereocenters. The van der Waals surface area contributed by atoms with Crippen molar-refractivity contribution in [3.05, 3.63) is 0 Å². The quantitative estimate of drug-likeness (QED) is 0.772. The zero-order chi connectivity index (χ0) is 11.5. The van der Waals surface area contributed by atoms with Gasteiger partial charge in [0.05, 0.1) is 7.11 Å². The van der Waals surface area contributed by atoms with E-state index >= 15 is 0 Å². The van der Waals surface area contributed by atoms with E-state index in [-0.39, 0.29) is 12.0 Å². The zero-order valence-corrected chi connectivity index (χ0v) is 9.60. The SMILES string of the molecule is COc1nc(N)nc(NCC(C)C2CC2)n1. The minimum Gasteiger partial charge on any atom is -0.467 e. The molecule has 0 aliphatic heterocycles. The van der Waals surface area contributed by atoms with Crippen LogP contribution in [0.1, 0.15) is 19.8 Å². The minimum atomic E-state index is 0.174. The fourth-order valence-corrected chi connectivity index (χ4v) is 1.63. The van der Waals surface area contributed by atoms with Gasteiger partial charge in [-0.25, -0.2) is 0 Å². The lowest BCUT2D eigenvalue weighted by atomic mass is 10.1. The molecule has 0 aromatic carbocycles. The second-order valence-corrected chi connectivity index (χ2v) is 4.20. The van der Waals surface area contributed by atoms with E-state index in [1.807, 2.05) is 0 Å². The second kappa shape index (κ2) is 4.51. The summed E-state index contributed by atoms with van der Waals surface area (Å²) in [7, 11) is 1.51. The van der Waals surface area contributed by atoms with Gasteiger partial charge >= 0.3 is 6.01 Å². The smallest absolute Gasteiger partial charge is 0.322 e. The van der Waals surface area contributed by atoms with Crippen molar-refractivity contribution in [2.24, 2.45) is 11.8 Å². The summed E-state index contributed by atoms with van der Waals surface area (Å²) in [6.45, 7) is 3.09. The number of rotatable bonds is 5. The summed E-state index contributed by atoms with van der Waals surface area (Å²) >= 11 is 0. The number of ether oxygens (including phenoxy) is 1. The minimum absolute atomic E-state index is 0.174. The third kappa shape index (κ3) is 2.71. The first kappa shape index (κ1) is 10.9. The number of hydrogen-bond donors (Lipinski definition) is 2. The maximum atomic E-state index is 5.53.